The summed E-state index contributed by atoms with van der Waals surface area (Å²) in [4.78, 5) is 0. The van der Waals surface area contributed by atoms with Crippen molar-refractivity contribution in [3.05, 3.63) is 0 Å². The smallest absolute Gasteiger partial charge is 0.746 e. The van der Waals surface area contributed by atoms with Crippen LogP contribution in [0.3, 0.4) is 0 Å². The molecule has 0 saturated carbocycles. The van der Waals surface area contributed by atoms with Crippen molar-refractivity contribution in [2.45, 2.75) is 63.0 Å². The first-order valence-electron chi connectivity index (χ1n) is 5.78. The molecule has 0 aliphatic carbocycles. The fraction of sp³-hybridized carbons (Fsp3) is 1.00. The molecule has 1 unspecified atom stereocenters. The van der Waals surface area contributed by atoms with E-state index in [9.17, 15) is 30.5 Å². The Balaban J connectivity index is 0. The van der Waals surface area contributed by atoms with E-state index in [1.54, 1.807) is 0 Å². The van der Waals surface area contributed by atoms with Crippen LogP contribution in [0.1, 0.15) is 51.4 Å². The zero-order valence-corrected chi connectivity index (χ0v) is 14.8. The summed E-state index contributed by atoms with van der Waals surface area (Å²) in [6, 6.07) is 0. The summed E-state index contributed by atoms with van der Waals surface area (Å²) in [7, 11) is -4.86. The first-order valence-corrected chi connectivity index (χ1v) is 7.25. The fourth-order valence-corrected chi connectivity index (χ4v) is 1.94. The Morgan fingerprint density at radius 1 is 0.947 bits per heavy atom. The van der Waals surface area contributed by atoms with Crippen molar-refractivity contribution < 1.29 is 81.9 Å². The van der Waals surface area contributed by atoms with E-state index in [4.69, 9.17) is 0 Å². The zero-order chi connectivity index (χ0) is 14.2. The topological polar surface area (TPSA) is 57.2 Å². The number of hydrogen-bond acceptors (Lipinski definition) is 3. The van der Waals surface area contributed by atoms with E-state index < -0.39 is 28.2 Å². The van der Waals surface area contributed by atoms with Gasteiger partial charge in [-0.1, -0.05) is 25.7 Å². The van der Waals surface area contributed by atoms with Crippen molar-refractivity contribution in [1.82, 2.24) is 0 Å². The summed E-state index contributed by atoms with van der Waals surface area (Å²) in [5.74, 6) is 0. The third-order valence-corrected chi connectivity index (χ3v) is 3.32. The van der Waals surface area contributed by atoms with Crippen LogP contribution in [0.4, 0.5) is 17.6 Å². The van der Waals surface area contributed by atoms with Crippen LogP contribution in [0.25, 0.3) is 0 Å². The maximum absolute atomic E-state index is 12.6. The fourth-order valence-electron chi connectivity index (χ4n) is 1.48. The van der Waals surface area contributed by atoms with Crippen molar-refractivity contribution >= 4 is 10.1 Å². The zero-order valence-electron chi connectivity index (χ0n) is 10.9. The van der Waals surface area contributed by atoms with Crippen molar-refractivity contribution in [3.63, 3.8) is 0 Å². The van der Waals surface area contributed by atoms with Gasteiger partial charge in [0.25, 0.3) is 0 Å². The molecule has 0 rings (SSSR count). The summed E-state index contributed by atoms with van der Waals surface area (Å²) in [6.07, 6.45) is -2.76. The molecule has 0 bridgehead atoms. The predicted octanol–water partition coefficient (Wildman–Crippen LogP) is 0.514. The van der Waals surface area contributed by atoms with Gasteiger partial charge in [-0.2, -0.15) is 13.2 Å². The van der Waals surface area contributed by atoms with Crippen molar-refractivity contribution in [2.75, 3.05) is 0 Å². The maximum Gasteiger partial charge on any atom is 1.00 e. The van der Waals surface area contributed by atoms with Gasteiger partial charge < -0.3 is 4.55 Å². The molecule has 1 atom stereocenters. The molecule has 0 amide bonds. The van der Waals surface area contributed by atoms with Gasteiger partial charge in [-0.25, -0.2) is 12.8 Å². The standard InChI is InChI=1S/C10H18F4O3S.K/c11-9(18(15,16)17)7-5-3-1-2-4-6-8-10(12,13)14;/h9H,1-8H2,(H,15,16,17);/q;+1/p-1. The SMILES string of the molecule is O=S(=O)([O-])C(F)CCCCCCCCC(F)(F)F.[K+]. The monoisotopic (exact) mass is 332 g/mol. The van der Waals surface area contributed by atoms with Crippen LogP contribution in [0, 0.1) is 0 Å². The Bertz CT molecular complexity index is 319. The second kappa shape index (κ2) is 10.9. The Morgan fingerprint density at radius 2 is 1.37 bits per heavy atom. The van der Waals surface area contributed by atoms with Gasteiger partial charge in [0.05, 0.1) is 0 Å². The molecule has 0 spiro atoms. The number of unbranched alkanes of at least 4 members (excludes halogenated alkanes) is 5. The molecule has 0 radical (unpaired) electrons. The van der Waals surface area contributed by atoms with Gasteiger partial charge in [-0.3, -0.25) is 0 Å². The Labute approximate surface area is 153 Å². The van der Waals surface area contributed by atoms with Crippen LogP contribution in [-0.4, -0.2) is 24.7 Å². The van der Waals surface area contributed by atoms with Crippen LogP contribution < -0.4 is 51.4 Å². The quantitative estimate of drug-likeness (QED) is 0.268. The van der Waals surface area contributed by atoms with Gasteiger partial charge in [-0.15, -0.1) is 0 Å². The van der Waals surface area contributed by atoms with Crippen molar-refractivity contribution in [3.8, 4) is 0 Å². The average Bonchev–Trinajstić information content (AvgIpc) is 2.18. The molecule has 0 aliphatic heterocycles. The Hall–Kier alpha value is 1.27. The minimum atomic E-state index is -4.86. The van der Waals surface area contributed by atoms with Gasteiger partial charge in [0.15, 0.2) is 5.50 Å². The summed E-state index contributed by atoms with van der Waals surface area (Å²) in [5, 5.41) is 0. The van der Waals surface area contributed by atoms with Crippen molar-refractivity contribution in [2.24, 2.45) is 0 Å². The Morgan fingerprint density at radius 3 is 1.79 bits per heavy atom. The molecule has 0 saturated heterocycles. The van der Waals surface area contributed by atoms with Crippen LogP contribution in [0.5, 0.6) is 0 Å². The van der Waals surface area contributed by atoms with E-state index >= 15 is 0 Å². The number of hydrogen-bond donors (Lipinski definition) is 0. The number of halogens is 4. The van der Waals surface area contributed by atoms with Crippen LogP contribution in [0.15, 0.2) is 0 Å². The van der Waals surface area contributed by atoms with Gasteiger partial charge in [-0.05, 0) is 19.3 Å². The molecule has 0 heterocycles. The van der Waals surface area contributed by atoms with E-state index in [0.717, 1.165) is 0 Å². The molecule has 0 aromatic rings. The number of rotatable bonds is 9. The van der Waals surface area contributed by atoms with Gasteiger partial charge in [0.2, 0.25) is 0 Å². The van der Waals surface area contributed by atoms with Gasteiger partial charge >= 0.3 is 57.6 Å². The molecule has 0 fully saturated rings. The van der Waals surface area contributed by atoms with E-state index in [1.807, 2.05) is 0 Å². The van der Waals surface area contributed by atoms with Gasteiger partial charge in [0, 0.05) is 6.42 Å². The molecular formula is C10H17F4KO3S. The van der Waals surface area contributed by atoms with E-state index in [1.165, 1.54) is 0 Å². The predicted molar refractivity (Wildman–Crippen MR) is 57.6 cm³/mol. The summed E-state index contributed by atoms with van der Waals surface area (Å²) >= 11 is 0. The van der Waals surface area contributed by atoms with Crippen LogP contribution in [-0.2, 0) is 10.1 Å². The molecule has 0 aliphatic rings. The van der Waals surface area contributed by atoms with Gasteiger partial charge in [0.1, 0.15) is 10.1 Å². The molecule has 0 aromatic heterocycles. The first-order chi connectivity index (χ1) is 8.13. The average molecular weight is 332 g/mol. The summed E-state index contributed by atoms with van der Waals surface area (Å²) in [5.41, 5.74) is -2.37. The molecule has 110 valence electrons. The largest absolute Gasteiger partial charge is 1.00 e. The molecule has 9 heteroatoms. The summed E-state index contributed by atoms with van der Waals surface area (Å²) in [6.45, 7) is 0. The van der Waals surface area contributed by atoms with Crippen LogP contribution >= 0.6 is 0 Å². The molecule has 0 N–H and O–H groups in total. The van der Waals surface area contributed by atoms with E-state index in [2.05, 4.69) is 0 Å². The van der Waals surface area contributed by atoms with E-state index in [0.29, 0.717) is 25.7 Å². The molecular weight excluding hydrogens is 315 g/mol. The first kappa shape index (κ1) is 22.5. The Kier molecular flexibility index (Phi) is 13.0. The van der Waals surface area contributed by atoms with Crippen LogP contribution in [0.2, 0.25) is 0 Å². The molecule has 0 aromatic carbocycles. The normalized spacial score (nSPS) is 13.9. The van der Waals surface area contributed by atoms with Crippen molar-refractivity contribution in [1.29, 1.82) is 0 Å². The maximum atomic E-state index is 12.6. The summed E-state index contributed by atoms with van der Waals surface area (Å²) < 4.78 is 78.5. The third kappa shape index (κ3) is 15.5. The molecule has 19 heavy (non-hydrogen) atoms. The number of alkyl halides is 4. The second-order valence-electron chi connectivity index (χ2n) is 4.18. The minimum absolute atomic E-state index is 0. The van der Waals surface area contributed by atoms with E-state index in [-0.39, 0.29) is 70.6 Å². The third-order valence-electron chi connectivity index (χ3n) is 2.45. The minimum Gasteiger partial charge on any atom is -0.746 e. The second-order valence-corrected chi connectivity index (χ2v) is 5.68. The molecule has 3 nitrogen and oxygen atoms in total.